The third kappa shape index (κ3) is 3.34. The lowest BCUT2D eigenvalue weighted by atomic mass is 9.92. The molecule has 1 aromatic rings. The number of hydrogen-bond acceptors (Lipinski definition) is 1. The molecule has 2 N–H and O–H groups in total. The zero-order chi connectivity index (χ0) is 14.1. The van der Waals surface area contributed by atoms with E-state index in [0.717, 1.165) is 18.2 Å². The number of alkyl halides is 6. The van der Waals surface area contributed by atoms with E-state index in [4.69, 9.17) is 5.73 Å². The zero-order valence-corrected chi connectivity index (χ0v) is 8.69. The Morgan fingerprint density at radius 2 is 1.44 bits per heavy atom. The highest BCUT2D eigenvalue weighted by atomic mass is 19.4. The standard InChI is InChI=1S/C10H8F7N/c11-6-3-1-2-5(4-6)7(18)8(9(12,13)14)10(15,16)17/h1-4,7-8H,18H2. The lowest BCUT2D eigenvalue weighted by Crippen LogP contribution is -2.44. The molecule has 0 aromatic heterocycles. The van der Waals surface area contributed by atoms with Crippen molar-refractivity contribution in [2.45, 2.75) is 18.4 Å². The number of benzene rings is 1. The highest BCUT2D eigenvalue weighted by molar-refractivity contribution is 5.21. The Kier molecular flexibility index (Phi) is 3.89. The van der Waals surface area contributed by atoms with Crippen molar-refractivity contribution in [3.8, 4) is 0 Å². The SMILES string of the molecule is NC(c1cccc(F)c1)C(C(F)(F)F)C(F)(F)F. The first-order valence-corrected chi connectivity index (χ1v) is 4.68. The van der Waals surface area contributed by atoms with Crippen LogP contribution in [0.4, 0.5) is 30.7 Å². The molecule has 0 aliphatic carbocycles. The average molecular weight is 275 g/mol. The van der Waals surface area contributed by atoms with Crippen LogP contribution in [-0.4, -0.2) is 12.4 Å². The largest absolute Gasteiger partial charge is 0.402 e. The molecule has 8 heteroatoms. The third-order valence-electron chi connectivity index (χ3n) is 2.30. The van der Waals surface area contributed by atoms with Gasteiger partial charge in [-0.2, -0.15) is 26.3 Å². The highest BCUT2D eigenvalue weighted by Crippen LogP contribution is 2.45. The molecule has 0 saturated carbocycles. The molecule has 0 saturated heterocycles. The van der Waals surface area contributed by atoms with E-state index in [2.05, 4.69) is 0 Å². The molecule has 0 heterocycles. The second-order valence-electron chi connectivity index (χ2n) is 3.64. The Bertz CT molecular complexity index is 395. The smallest absolute Gasteiger partial charge is 0.323 e. The van der Waals surface area contributed by atoms with Crippen molar-refractivity contribution in [2.24, 2.45) is 11.7 Å². The Balaban J connectivity index is 3.15. The summed E-state index contributed by atoms with van der Waals surface area (Å²) < 4.78 is 86.9. The topological polar surface area (TPSA) is 26.0 Å². The third-order valence-corrected chi connectivity index (χ3v) is 2.30. The van der Waals surface area contributed by atoms with Gasteiger partial charge in [0.1, 0.15) is 5.82 Å². The molecule has 0 amide bonds. The van der Waals surface area contributed by atoms with E-state index in [0.29, 0.717) is 6.07 Å². The molecular formula is C10H8F7N. The molecule has 0 aliphatic rings. The monoisotopic (exact) mass is 275 g/mol. The summed E-state index contributed by atoms with van der Waals surface area (Å²) in [5.41, 5.74) is 4.41. The van der Waals surface area contributed by atoms with Crippen LogP contribution in [0.5, 0.6) is 0 Å². The minimum atomic E-state index is -5.55. The van der Waals surface area contributed by atoms with E-state index in [1.165, 1.54) is 0 Å². The molecule has 0 aliphatic heterocycles. The van der Waals surface area contributed by atoms with Crippen LogP contribution in [0.1, 0.15) is 11.6 Å². The van der Waals surface area contributed by atoms with Crippen LogP contribution in [0.25, 0.3) is 0 Å². The summed E-state index contributed by atoms with van der Waals surface area (Å²) in [6.07, 6.45) is -11.1. The molecule has 18 heavy (non-hydrogen) atoms. The van der Waals surface area contributed by atoms with Crippen LogP contribution in [0.3, 0.4) is 0 Å². The van der Waals surface area contributed by atoms with E-state index in [1.54, 1.807) is 0 Å². The maximum atomic E-state index is 12.8. The van der Waals surface area contributed by atoms with Gasteiger partial charge >= 0.3 is 12.4 Å². The summed E-state index contributed by atoms with van der Waals surface area (Å²) in [7, 11) is 0. The maximum Gasteiger partial charge on any atom is 0.402 e. The summed E-state index contributed by atoms with van der Waals surface area (Å²) in [5, 5.41) is 0. The molecule has 0 bridgehead atoms. The van der Waals surface area contributed by atoms with Crippen molar-refractivity contribution in [3.05, 3.63) is 35.6 Å². The minimum Gasteiger partial charge on any atom is -0.323 e. The van der Waals surface area contributed by atoms with Gasteiger partial charge in [-0.1, -0.05) is 12.1 Å². The Morgan fingerprint density at radius 1 is 0.944 bits per heavy atom. The van der Waals surface area contributed by atoms with Crippen LogP contribution in [0.2, 0.25) is 0 Å². The minimum absolute atomic E-state index is 0.551. The highest BCUT2D eigenvalue weighted by Gasteiger charge is 2.59. The van der Waals surface area contributed by atoms with Gasteiger partial charge in [-0.25, -0.2) is 4.39 Å². The summed E-state index contributed by atoms with van der Waals surface area (Å²) in [6, 6.07) is 0.953. The second kappa shape index (κ2) is 4.75. The molecule has 0 spiro atoms. The van der Waals surface area contributed by atoms with Crippen LogP contribution in [0.15, 0.2) is 24.3 Å². The lowest BCUT2D eigenvalue weighted by molar-refractivity contribution is -0.290. The van der Waals surface area contributed by atoms with Crippen molar-refractivity contribution < 1.29 is 30.7 Å². The molecule has 0 fully saturated rings. The summed E-state index contributed by atoms with van der Waals surface area (Å²) in [6.45, 7) is 0. The predicted molar refractivity (Wildman–Crippen MR) is 48.9 cm³/mol. The fourth-order valence-corrected chi connectivity index (χ4v) is 1.50. The Hall–Kier alpha value is -1.31. The Morgan fingerprint density at radius 3 is 1.83 bits per heavy atom. The van der Waals surface area contributed by atoms with Crippen molar-refractivity contribution in [3.63, 3.8) is 0 Å². The number of hydrogen-bond donors (Lipinski definition) is 1. The molecule has 1 aromatic carbocycles. The molecular weight excluding hydrogens is 267 g/mol. The first-order valence-electron chi connectivity index (χ1n) is 4.68. The van der Waals surface area contributed by atoms with Gasteiger partial charge in [0.15, 0.2) is 5.92 Å². The molecule has 1 rings (SSSR count). The first kappa shape index (κ1) is 14.7. The predicted octanol–water partition coefficient (Wildman–Crippen LogP) is 3.57. The molecule has 1 unspecified atom stereocenters. The van der Waals surface area contributed by atoms with Gasteiger partial charge in [0.2, 0.25) is 0 Å². The van der Waals surface area contributed by atoms with Gasteiger partial charge in [0, 0.05) is 0 Å². The van der Waals surface area contributed by atoms with E-state index < -0.39 is 35.7 Å². The van der Waals surface area contributed by atoms with Gasteiger partial charge in [-0.15, -0.1) is 0 Å². The van der Waals surface area contributed by atoms with Crippen molar-refractivity contribution in [1.29, 1.82) is 0 Å². The van der Waals surface area contributed by atoms with Gasteiger partial charge in [-0.3, -0.25) is 0 Å². The zero-order valence-electron chi connectivity index (χ0n) is 8.69. The van der Waals surface area contributed by atoms with E-state index >= 15 is 0 Å². The van der Waals surface area contributed by atoms with E-state index in [1.807, 2.05) is 0 Å². The van der Waals surface area contributed by atoms with Crippen molar-refractivity contribution >= 4 is 0 Å². The van der Waals surface area contributed by atoms with Gasteiger partial charge in [-0.05, 0) is 17.7 Å². The van der Waals surface area contributed by atoms with Crippen LogP contribution >= 0.6 is 0 Å². The fourth-order valence-electron chi connectivity index (χ4n) is 1.50. The van der Waals surface area contributed by atoms with E-state index in [-0.39, 0.29) is 0 Å². The van der Waals surface area contributed by atoms with Crippen molar-refractivity contribution in [2.75, 3.05) is 0 Å². The normalized spacial score (nSPS) is 14.9. The molecule has 1 nitrogen and oxygen atoms in total. The number of rotatable bonds is 2. The van der Waals surface area contributed by atoms with E-state index in [9.17, 15) is 30.7 Å². The van der Waals surface area contributed by atoms with Crippen LogP contribution in [0, 0.1) is 11.7 Å². The van der Waals surface area contributed by atoms with Crippen molar-refractivity contribution in [1.82, 2.24) is 0 Å². The maximum absolute atomic E-state index is 12.8. The quantitative estimate of drug-likeness (QED) is 0.820. The average Bonchev–Trinajstić information content (AvgIpc) is 2.12. The van der Waals surface area contributed by atoms with Gasteiger partial charge < -0.3 is 5.73 Å². The summed E-state index contributed by atoms with van der Waals surface area (Å²) >= 11 is 0. The lowest BCUT2D eigenvalue weighted by Gasteiger charge is -2.28. The molecule has 1 atom stereocenters. The molecule has 0 radical (unpaired) electrons. The van der Waals surface area contributed by atoms with Crippen LogP contribution in [-0.2, 0) is 0 Å². The summed E-state index contributed by atoms with van der Waals surface area (Å²) in [4.78, 5) is 0. The first-order chi connectivity index (χ1) is 8.03. The van der Waals surface area contributed by atoms with Crippen LogP contribution < -0.4 is 5.73 Å². The second-order valence-corrected chi connectivity index (χ2v) is 3.64. The molecule has 102 valence electrons. The Labute approximate surface area is 97.4 Å². The summed E-state index contributed by atoms with van der Waals surface area (Å²) in [5.74, 6) is -4.68. The number of nitrogens with two attached hydrogens (primary N) is 1. The number of halogens is 7. The van der Waals surface area contributed by atoms with Gasteiger partial charge in [0.05, 0.1) is 6.04 Å². The van der Waals surface area contributed by atoms with Gasteiger partial charge in [0.25, 0.3) is 0 Å². The fraction of sp³-hybridized carbons (Fsp3) is 0.400.